The predicted octanol–water partition coefficient (Wildman–Crippen LogP) is 3.70. The number of amides is 1. The number of rotatable bonds is 4. The van der Waals surface area contributed by atoms with Crippen molar-refractivity contribution in [3.63, 3.8) is 0 Å². The number of carbonyl (C=O) groups is 1. The van der Waals surface area contributed by atoms with Crippen LogP contribution in [0.2, 0.25) is 0 Å². The number of aryl methyl sites for hydroxylation is 2. The lowest BCUT2D eigenvalue weighted by atomic mass is 10.1. The van der Waals surface area contributed by atoms with E-state index >= 15 is 0 Å². The Morgan fingerprint density at radius 3 is 2.35 bits per heavy atom. The minimum absolute atomic E-state index is 0.234. The van der Waals surface area contributed by atoms with E-state index in [9.17, 15) is 4.79 Å². The van der Waals surface area contributed by atoms with Crippen LogP contribution in [0.25, 0.3) is 0 Å². The summed E-state index contributed by atoms with van der Waals surface area (Å²) in [6.07, 6.45) is 4.88. The zero-order valence-electron chi connectivity index (χ0n) is 13.6. The lowest BCUT2D eigenvalue weighted by Crippen LogP contribution is -2.18. The van der Waals surface area contributed by atoms with E-state index < -0.39 is 0 Å². The van der Waals surface area contributed by atoms with Crippen LogP contribution in [-0.4, -0.2) is 22.1 Å². The molecule has 0 radical (unpaired) electrons. The van der Waals surface area contributed by atoms with E-state index in [0.717, 1.165) is 22.6 Å². The maximum absolute atomic E-state index is 12.3. The lowest BCUT2D eigenvalue weighted by molar-refractivity contribution is 0.102. The second-order valence-corrected chi connectivity index (χ2v) is 6.15. The number of carbonyl (C=O) groups excluding carboxylic acids is 1. The maximum atomic E-state index is 12.3. The zero-order chi connectivity index (χ0) is 16.2. The third kappa shape index (κ3) is 3.67. The van der Waals surface area contributed by atoms with Gasteiger partial charge in [-0.05, 0) is 49.9 Å². The molecule has 2 aromatic rings. The fourth-order valence-corrected chi connectivity index (χ4v) is 3.00. The molecule has 3 rings (SSSR count). The van der Waals surface area contributed by atoms with Gasteiger partial charge >= 0.3 is 0 Å². The Bertz CT molecular complexity index is 670. The number of benzene rings is 1. The SMILES string of the molecule is Cc1cccc(C)c1NC(=O)c1ccc(NC2CCCC2)nn1. The molecule has 1 aromatic heterocycles. The van der Waals surface area contributed by atoms with Gasteiger partial charge in [0.05, 0.1) is 0 Å². The van der Waals surface area contributed by atoms with E-state index in [1.54, 1.807) is 6.07 Å². The molecule has 1 amide bonds. The minimum atomic E-state index is -0.234. The molecule has 23 heavy (non-hydrogen) atoms. The van der Waals surface area contributed by atoms with E-state index in [4.69, 9.17) is 0 Å². The van der Waals surface area contributed by atoms with Crippen LogP contribution in [0.15, 0.2) is 30.3 Å². The number of para-hydroxylation sites is 1. The standard InChI is InChI=1S/C18H22N4O/c1-12-6-5-7-13(2)17(12)20-18(23)15-10-11-16(22-21-15)19-14-8-3-4-9-14/h5-7,10-11,14H,3-4,8-9H2,1-2H3,(H,19,22)(H,20,23). The quantitative estimate of drug-likeness (QED) is 0.903. The van der Waals surface area contributed by atoms with Crippen LogP contribution >= 0.6 is 0 Å². The monoisotopic (exact) mass is 310 g/mol. The Kier molecular flexibility index (Phi) is 4.55. The van der Waals surface area contributed by atoms with Crippen LogP contribution in [0.5, 0.6) is 0 Å². The summed E-state index contributed by atoms with van der Waals surface area (Å²) >= 11 is 0. The Morgan fingerprint density at radius 2 is 1.74 bits per heavy atom. The van der Waals surface area contributed by atoms with Crippen LogP contribution in [0.3, 0.4) is 0 Å². The van der Waals surface area contributed by atoms with Crippen molar-refractivity contribution in [2.45, 2.75) is 45.6 Å². The molecule has 120 valence electrons. The van der Waals surface area contributed by atoms with Crippen LogP contribution < -0.4 is 10.6 Å². The van der Waals surface area contributed by atoms with E-state index in [1.165, 1.54) is 25.7 Å². The summed E-state index contributed by atoms with van der Waals surface area (Å²) in [7, 11) is 0. The smallest absolute Gasteiger partial charge is 0.276 e. The van der Waals surface area contributed by atoms with E-state index in [1.807, 2.05) is 38.1 Å². The van der Waals surface area contributed by atoms with Crippen molar-refractivity contribution < 1.29 is 4.79 Å². The number of anilines is 2. The molecule has 0 atom stereocenters. The first kappa shape index (κ1) is 15.5. The van der Waals surface area contributed by atoms with E-state index in [2.05, 4.69) is 20.8 Å². The van der Waals surface area contributed by atoms with Crippen LogP contribution in [0.1, 0.15) is 47.3 Å². The Morgan fingerprint density at radius 1 is 1.04 bits per heavy atom. The van der Waals surface area contributed by atoms with Crippen molar-refractivity contribution in [3.05, 3.63) is 47.2 Å². The van der Waals surface area contributed by atoms with Gasteiger partial charge in [-0.1, -0.05) is 31.0 Å². The predicted molar refractivity (Wildman–Crippen MR) is 91.8 cm³/mol. The Balaban J connectivity index is 1.67. The number of hydrogen-bond acceptors (Lipinski definition) is 4. The molecule has 2 N–H and O–H groups in total. The molecule has 5 heteroatoms. The van der Waals surface area contributed by atoms with Gasteiger partial charge in [0.1, 0.15) is 5.82 Å². The van der Waals surface area contributed by atoms with Gasteiger partial charge in [0.25, 0.3) is 5.91 Å². The molecular formula is C18H22N4O. The van der Waals surface area contributed by atoms with Crippen LogP contribution in [0.4, 0.5) is 11.5 Å². The number of hydrogen-bond donors (Lipinski definition) is 2. The second kappa shape index (κ2) is 6.77. The molecule has 1 fully saturated rings. The number of aromatic nitrogens is 2. The highest BCUT2D eigenvalue weighted by Crippen LogP contribution is 2.22. The van der Waals surface area contributed by atoms with Gasteiger partial charge < -0.3 is 10.6 Å². The molecule has 1 heterocycles. The van der Waals surface area contributed by atoms with Crippen LogP contribution in [0, 0.1) is 13.8 Å². The first-order valence-electron chi connectivity index (χ1n) is 8.11. The number of nitrogens with one attached hydrogen (secondary N) is 2. The van der Waals surface area contributed by atoms with Crippen LogP contribution in [-0.2, 0) is 0 Å². The van der Waals surface area contributed by atoms with Gasteiger partial charge in [-0.2, -0.15) is 0 Å². The third-order valence-corrected chi connectivity index (χ3v) is 4.32. The fraction of sp³-hybridized carbons (Fsp3) is 0.389. The lowest BCUT2D eigenvalue weighted by Gasteiger charge is -2.13. The second-order valence-electron chi connectivity index (χ2n) is 6.15. The molecule has 0 unspecified atom stereocenters. The molecule has 1 aliphatic rings. The topological polar surface area (TPSA) is 66.9 Å². The highest BCUT2D eigenvalue weighted by Gasteiger charge is 2.16. The average molecular weight is 310 g/mol. The summed E-state index contributed by atoms with van der Waals surface area (Å²) in [4.78, 5) is 12.3. The Hall–Kier alpha value is -2.43. The molecule has 0 aliphatic heterocycles. The van der Waals surface area contributed by atoms with Crippen molar-refractivity contribution in [3.8, 4) is 0 Å². The first-order chi connectivity index (χ1) is 11.1. The molecule has 5 nitrogen and oxygen atoms in total. The van der Waals surface area contributed by atoms with Gasteiger partial charge in [0.15, 0.2) is 5.69 Å². The number of nitrogens with zero attached hydrogens (tertiary/aromatic N) is 2. The average Bonchev–Trinajstić information content (AvgIpc) is 3.04. The minimum Gasteiger partial charge on any atom is -0.366 e. The summed E-state index contributed by atoms with van der Waals surface area (Å²) in [6.45, 7) is 3.95. The van der Waals surface area contributed by atoms with E-state index in [0.29, 0.717) is 11.7 Å². The summed E-state index contributed by atoms with van der Waals surface area (Å²) < 4.78 is 0. The summed E-state index contributed by atoms with van der Waals surface area (Å²) in [6, 6.07) is 9.95. The summed E-state index contributed by atoms with van der Waals surface area (Å²) in [5.41, 5.74) is 3.23. The third-order valence-electron chi connectivity index (χ3n) is 4.32. The van der Waals surface area contributed by atoms with Gasteiger partial charge in [-0.15, -0.1) is 10.2 Å². The summed E-state index contributed by atoms with van der Waals surface area (Å²) in [5.74, 6) is 0.503. The molecular weight excluding hydrogens is 288 g/mol. The van der Waals surface area contributed by atoms with Gasteiger partial charge in [-0.25, -0.2) is 0 Å². The molecule has 0 bridgehead atoms. The zero-order valence-corrected chi connectivity index (χ0v) is 13.6. The van der Waals surface area contributed by atoms with Crippen molar-refractivity contribution in [2.75, 3.05) is 10.6 Å². The van der Waals surface area contributed by atoms with Crippen molar-refractivity contribution >= 4 is 17.4 Å². The molecule has 1 aromatic carbocycles. The molecule has 1 saturated carbocycles. The molecule has 1 aliphatic carbocycles. The molecule has 0 saturated heterocycles. The van der Waals surface area contributed by atoms with Gasteiger partial charge in [0, 0.05) is 11.7 Å². The normalized spacial score (nSPS) is 14.7. The molecule has 0 spiro atoms. The van der Waals surface area contributed by atoms with Crippen molar-refractivity contribution in [2.24, 2.45) is 0 Å². The maximum Gasteiger partial charge on any atom is 0.276 e. The summed E-state index contributed by atoms with van der Waals surface area (Å²) in [5, 5.41) is 14.5. The van der Waals surface area contributed by atoms with Crippen molar-refractivity contribution in [1.82, 2.24) is 10.2 Å². The van der Waals surface area contributed by atoms with Gasteiger partial charge in [-0.3, -0.25) is 4.79 Å². The first-order valence-corrected chi connectivity index (χ1v) is 8.11. The van der Waals surface area contributed by atoms with E-state index in [-0.39, 0.29) is 5.91 Å². The Labute approximate surface area is 136 Å². The van der Waals surface area contributed by atoms with Gasteiger partial charge in [0.2, 0.25) is 0 Å². The van der Waals surface area contributed by atoms with Crippen molar-refractivity contribution in [1.29, 1.82) is 0 Å². The highest BCUT2D eigenvalue weighted by atomic mass is 16.1. The fourth-order valence-electron chi connectivity index (χ4n) is 3.00. The largest absolute Gasteiger partial charge is 0.366 e. The highest BCUT2D eigenvalue weighted by molar-refractivity contribution is 6.03.